The van der Waals surface area contributed by atoms with E-state index in [1.807, 2.05) is 0 Å². The lowest BCUT2D eigenvalue weighted by Gasteiger charge is -2.08. The fraction of sp³-hybridized carbons (Fsp3) is 0. The number of nitrogens with zero attached hydrogens (tertiary/aromatic N) is 6. The lowest BCUT2D eigenvalue weighted by atomic mass is 10.1. The highest BCUT2D eigenvalue weighted by molar-refractivity contribution is 7.94. The quantitative estimate of drug-likeness (QED) is 0.0340. The van der Waals surface area contributed by atoms with Crippen LogP contribution >= 0.6 is 24.1 Å². The van der Waals surface area contributed by atoms with Crippen LogP contribution in [0.3, 0.4) is 0 Å². The summed E-state index contributed by atoms with van der Waals surface area (Å²) in [5, 5.41) is 41.8. The zero-order valence-corrected chi connectivity index (χ0v) is 29.0. The van der Waals surface area contributed by atoms with Crippen LogP contribution in [0.4, 0.5) is 0 Å². The van der Waals surface area contributed by atoms with Crippen molar-refractivity contribution in [1.29, 1.82) is 0 Å². The van der Waals surface area contributed by atoms with E-state index in [1.54, 1.807) is 54.6 Å². The average Bonchev–Trinajstić information content (AvgIpc) is 3.83. The fourth-order valence-corrected chi connectivity index (χ4v) is 6.71. The topological polar surface area (TPSA) is 248 Å². The van der Waals surface area contributed by atoms with E-state index < -0.39 is 25.1 Å². The van der Waals surface area contributed by atoms with Gasteiger partial charge in [0.25, 0.3) is 20.2 Å². The molecule has 0 fully saturated rings. The van der Waals surface area contributed by atoms with Gasteiger partial charge in [-0.3, -0.25) is 9.11 Å². The first-order valence-electron chi connectivity index (χ1n) is 14.2. The van der Waals surface area contributed by atoms with Gasteiger partial charge < -0.3 is 0 Å². The van der Waals surface area contributed by atoms with E-state index in [4.69, 9.17) is 10.5 Å². The van der Waals surface area contributed by atoms with Crippen molar-refractivity contribution < 1.29 is 55.2 Å². The molecule has 0 bridgehead atoms. The van der Waals surface area contributed by atoms with Gasteiger partial charge >= 0.3 is 0 Å². The van der Waals surface area contributed by atoms with Crippen LogP contribution in [0.1, 0.15) is 11.1 Å². The Morgan fingerprint density at radius 2 is 1.13 bits per heavy atom. The molecular formula is C30H22N6O12S4. The first-order chi connectivity index (χ1) is 24.9. The highest BCUT2D eigenvalue weighted by Crippen LogP contribution is 2.30. The van der Waals surface area contributed by atoms with Crippen LogP contribution in [0.2, 0.25) is 0 Å². The molecule has 0 aliphatic carbocycles. The van der Waals surface area contributed by atoms with Gasteiger partial charge in [0.2, 0.25) is 0 Å². The number of benzene rings is 4. The molecule has 0 amide bonds. The van der Waals surface area contributed by atoms with Crippen molar-refractivity contribution >= 4 is 56.5 Å². The smallest absolute Gasteiger partial charge is 0.282 e. The van der Waals surface area contributed by atoms with Crippen LogP contribution < -0.4 is 0 Å². The summed E-state index contributed by atoms with van der Waals surface area (Å²) in [6, 6.07) is 21.3. The largest absolute Gasteiger partial charge is 0.295 e. The second-order valence-corrected chi connectivity index (χ2v) is 14.6. The lowest BCUT2D eigenvalue weighted by molar-refractivity contribution is -0.432. The van der Waals surface area contributed by atoms with Crippen LogP contribution in [0.5, 0.6) is 0 Å². The van der Waals surface area contributed by atoms with E-state index in [9.17, 15) is 25.9 Å². The summed E-state index contributed by atoms with van der Waals surface area (Å²) in [7, 11) is -9.09. The van der Waals surface area contributed by atoms with Gasteiger partial charge in [0.1, 0.15) is 16.3 Å². The Balaban J connectivity index is 1.25. The predicted octanol–water partition coefficient (Wildman–Crippen LogP) is 5.70. The number of rotatable bonds is 14. The Bertz CT molecular complexity index is 2460. The molecule has 0 atom stereocenters. The molecule has 0 unspecified atom stereocenters. The van der Waals surface area contributed by atoms with Gasteiger partial charge in [-0.05, 0) is 59.7 Å². The summed E-state index contributed by atoms with van der Waals surface area (Å²) in [6.45, 7) is 0. The monoisotopic (exact) mass is 786 g/mol. The van der Waals surface area contributed by atoms with E-state index in [2.05, 4.69) is 39.1 Å². The van der Waals surface area contributed by atoms with E-state index in [-0.39, 0.29) is 16.1 Å². The van der Waals surface area contributed by atoms with Crippen molar-refractivity contribution in [3.63, 3.8) is 0 Å². The van der Waals surface area contributed by atoms with E-state index >= 15 is 0 Å². The minimum atomic E-state index is -4.73. The van der Waals surface area contributed by atoms with Crippen LogP contribution in [-0.2, 0) is 39.0 Å². The summed E-state index contributed by atoms with van der Waals surface area (Å²) in [6.07, 6.45) is 5.90. The summed E-state index contributed by atoms with van der Waals surface area (Å²) in [4.78, 5) is 2.80. The third kappa shape index (κ3) is 8.79. The van der Waals surface area contributed by atoms with Crippen molar-refractivity contribution in [3.05, 3.63) is 108 Å². The molecule has 0 spiro atoms. The van der Waals surface area contributed by atoms with Crippen LogP contribution in [0, 0.1) is 0 Å². The SMILES string of the molecule is O=S(=O)(O)c1ccc(-c2cnn(-c3ccc(/C=C/c4ccc(-n5ncc(-c6ccc(SOOO)cc6)n5)cc4S(=O)(=O)O)c(SOOO)c3)n2)cc1. The zero-order valence-electron chi connectivity index (χ0n) is 25.8. The first kappa shape index (κ1) is 37.0. The van der Waals surface area contributed by atoms with E-state index in [0.29, 0.717) is 55.6 Å². The molecule has 0 radical (unpaired) electrons. The molecule has 6 rings (SSSR count). The zero-order chi connectivity index (χ0) is 36.9. The van der Waals surface area contributed by atoms with Gasteiger partial charge in [0.05, 0.1) is 52.7 Å². The lowest BCUT2D eigenvalue weighted by Crippen LogP contribution is -2.05. The first-order valence-corrected chi connectivity index (χ1v) is 18.6. The highest BCUT2D eigenvalue weighted by Gasteiger charge is 2.18. The summed E-state index contributed by atoms with van der Waals surface area (Å²) in [5.74, 6) is 0. The number of hydrogen-bond acceptors (Lipinski definition) is 16. The van der Waals surface area contributed by atoms with Crippen molar-refractivity contribution in [2.75, 3.05) is 0 Å². The molecule has 4 aromatic carbocycles. The minimum absolute atomic E-state index is 0.124. The molecule has 52 heavy (non-hydrogen) atoms. The maximum absolute atomic E-state index is 12.5. The minimum Gasteiger partial charge on any atom is -0.282 e. The van der Waals surface area contributed by atoms with Gasteiger partial charge in [-0.15, -0.1) is 18.9 Å². The van der Waals surface area contributed by atoms with Gasteiger partial charge in [0.15, 0.2) is 0 Å². The molecular weight excluding hydrogens is 765 g/mol. The average molecular weight is 787 g/mol. The summed E-state index contributed by atoms with van der Waals surface area (Å²) >= 11 is 1.42. The van der Waals surface area contributed by atoms with Crippen molar-refractivity contribution in [2.45, 2.75) is 19.6 Å². The standard InChI is InChI=1S/C30H22N6O12S4/c37-45-47-49-25-11-5-19(6-12-25)27-17-32-36(34-27)24-10-4-22(30(16-24)52(42,43)44)2-1-21-3-9-23(15-29(21)50-48-46-38)35-31-18-28(33-35)20-7-13-26(14-8-20)51(39,40)41/h1-18,37-38H,(H,39,40,41)(H,42,43,44)/b2-1+. The maximum atomic E-state index is 12.5. The van der Waals surface area contributed by atoms with Crippen LogP contribution in [-0.4, -0.2) is 66.4 Å². The summed E-state index contributed by atoms with van der Waals surface area (Å²) < 4.78 is 76.0. The molecule has 4 N–H and O–H groups in total. The number of aromatic nitrogens is 6. The van der Waals surface area contributed by atoms with Crippen LogP contribution in [0.25, 0.3) is 46.0 Å². The van der Waals surface area contributed by atoms with Crippen LogP contribution in [0.15, 0.2) is 117 Å². The van der Waals surface area contributed by atoms with Crippen molar-refractivity contribution in [3.8, 4) is 33.9 Å². The fourth-order valence-electron chi connectivity index (χ4n) is 4.67. The third-order valence-corrected chi connectivity index (χ3v) is 10.1. The molecule has 2 aromatic heterocycles. The molecule has 268 valence electrons. The molecule has 2 heterocycles. The second kappa shape index (κ2) is 15.8. The Hall–Kier alpha value is -4.82. The second-order valence-electron chi connectivity index (χ2n) is 10.3. The third-order valence-electron chi connectivity index (χ3n) is 7.07. The maximum Gasteiger partial charge on any atom is 0.295 e. The highest BCUT2D eigenvalue weighted by atomic mass is 32.2. The Labute approximate surface area is 302 Å². The molecule has 22 heteroatoms. The van der Waals surface area contributed by atoms with Gasteiger partial charge in [-0.1, -0.05) is 58.6 Å². The Morgan fingerprint density at radius 1 is 0.615 bits per heavy atom. The van der Waals surface area contributed by atoms with E-state index in [1.165, 1.54) is 64.5 Å². The molecule has 0 aliphatic rings. The van der Waals surface area contributed by atoms with Gasteiger partial charge in [0, 0.05) is 20.9 Å². The van der Waals surface area contributed by atoms with E-state index in [0.717, 1.165) is 12.0 Å². The molecule has 0 aliphatic heterocycles. The normalized spacial score (nSPS) is 12.2. The van der Waals surface area contributed by atoms with Crippen molar-refractivity contribution in [2.24, 2.45) is 0 Å². The molecule has 18 nitrogen and oxygen atoms in total. The summed E-state index contributed by atoms with van der Waals surface area (Å²) in [5.41, 5.74) is 3.35. The van der Waals surface area contributed by atoms with Gasteiger partial charge in [-0.2, -0.15) is 36.6 Å². The molecule has 0 saturated carbocycles. The van der Waals surface area contributed by atoms with Gasteiger partial charge in [-0.25, -0.2) is 10.5 Å². The molecule has 0 saturated heterocycles. The molecule has 6 aromatic rings. The predicted molar refractivity (Wildman–Crippen MR) is 183 cm³/mol. The Kier molecular flexibility index (Phi) is 11.2. The Morgan fingerprint density at radius 3 is 1.69 bits per heavy atom. The number of hydrogen-bond donors (Lipinski definition) is 4. The van der Waals surface area contributed by atoms with Crippen molar-refractivity contribution in [1.82, 2.24) is 30.0 Å².